The lowest BCUT2D eigenvalue weighted by Gasteiger charge is -2.23. The van der Waals surface area contributed by atoms with Crippen molar-refractivity contribution in [1.82, 2.24) is 14.7 Å². The van der Waals surface area contributed by atoms with Gasteiger partial charge in [0.15, 0.2) is 0 Å². The van der Waals surface area contributed by atoms with E-state index in [0.29, 0.717) is 5.69 Å². The molecule has 90 valence electrons. The summed E-state index contributed by atoms with van der Waals surface area (Å²) in [4.78, 5) is 16.1. The first-order valence-corrected chi connectivity index (χ1v) is 5.39. The van der Waals surface area contributed by atoms with Gasteiger partial charge in [-0.05, 0) is 26.0 Å². The molecule has 0 unspecified atom stereocenters. The van der Waals surface area contributed by atoms with E-state index in [1.807, 2.05) is 18.2 Å². The molecule has 0 radical (unpaired) electrons. The molecule has 0 bridgehead atoms. The van der Waals surface area contributed by atoms with Gasteiger partial charge in [-0.15, -0.1) is 0 Å². The molecule has 0 aliphatic heterocycles. The fraction of sp³-hybridized carbons (Fsp3) is 0.333. The topological polar surface area (TPSA) is 66.6 Å². The van der Waals surface area contributed by atoms with Crippen molar-refractivity contribution in [2.45, 2.75) is 19.4 Å². The summed E-state index contributed by atoms with van der Waals surface area (Å²) in [5, 5.41) is 11.9. The standard InChI is InChI=1S/C12H15N3O2/c1-12(2,8-16)14-11(17)9-7-13-10-5-3-4-6-15(9)10/h3-7,16H,8H2,1-2H3,(H,14,17). The van der Waals surface area contributed by atoms with Gasteiger partial charge in [-0.1, -0.05) is 6.07 Å². The maximum Gasteiger partial charge on any atom is 0.270 e. The molecule has 0 aromatic carbocycles. The van der Waals surface area contributed by atoms with Crippen molar-refractivity contribution in [1.29, 1.82) is 0 Å². The van der Waals surface area contributed by atoms with Crippen LogP contribution < -0.4 is 5.32 Å². The van der Waals surface area contributed by atoms with Gasteiger partial charge in [-0.2, -0.15) is 0 Å². The van der Waals surface area contributed by atoms with E-state index in [-0.39, 0.29) is 12.5 Å². The third-order valence-corrected chi connectivity index (χ3v) is 2.50. The number of amides is 1. The third kappa shape index (κ3) is 2.29. The predicted octanol–water partition coefficient (Wildman–Crippen LogP) is 0.835. The minimum atomic E-state index is -0.643. The normalized spacial score (nSPS) is 11.7. The number of rotatable bonds is 3. The van der Waals surface area contributed by atoms with E-state index < -0.39 is 5.54 Å². The highest BCUT2D eigenvalue weighted by Crippen LogP contribution is 2.08. The van der Waals surface area contributed by atoms with Crippen molar-refractivity contribution < 1.29 is 9.90 Å². The highest BCUT2D eigenvalue weighted by molar-refractivity contribution is 5.93. The molecule has 5 heteroatoms. The molecule has 1 amide bonds. The monoisotopic (exact) mass is 233 g/mol. The van der Waals surface area contributed by atoms with Gasteiger partial charge in [-0.3, -0.25) is 9.20 Å². The Labute approximate surface area is 99.1 Å². The molecule has 2 heterocycles. The second-order valence-electron chi connectivity index (χ2n) is 4.57. The Kier molecular flexibility index (Phi) is 2.85. The van der Waals surface area contributed by atoms with Crippen LogP contribution in [0.25, 0.3) is 5.65 Å². The van der Waals surface area contributed by atoms with Crippen LogP contribution in [-0.4, -0.2) is 32.5 Å². The molecular weight excluding hydrogens is 218 g/mol. The number of nitrogens with one attached hydrogen (secondary N) is 1. The minimum Gasteiger partial charge on any atom is -0.394 e. The molecule has 0 spiro atoms. The first kappa shape index (κ1) is 11.6. The van der Waals surface area contributed by atoms with Crippen molar-refractivity contribution in [3.63, 3.8) is 0 Å². The number of carbonyl (C=O) groups is 1. The van der Waals surface area contributed by atoms with Crippen molar-refractivity contribution in [3.8, 4) is 0 Å². The summed E-state index contributed by atoms with van der Waals surface area (Å²) in [7, 11) is 0. The van der Waals surface area contributed by atoms with Gasteiger partial charge < -0.3 is 10.4 Å². The Morgan fingerprint density at radius 1 is 1.53 bits per heavy atom. The largest absolute Gasteiger partial charge is 0.394 e. The van der Waals surface area contributed by atoms with Gasteiger partial charge in [0.2, 0.25) is 0 Å². The van der Waals surface area contributed by atoms with E-state index in [4.69, 9.17) is 5.11 Å². The molecular formula is C12H15N3O2. The Morgan fingerprint density at radius 2 is 2.29 bits per heavy atom. The minimum absolute atomic E-state index is 0.116. The number of nitrogens with zero attached hydrogens (tertiary/aromatic N) is 2. The smallest absolute Gasteiger partial charge is 0.270 e. The van der Waals surface area contributed by atoms with E-state index in [1.165, 1.54) is 6.20 Å². The van der Waals surface area contributed by atoms with Gasteiger partial charge >= 0.3 is 0 Å². The zero-order valence-corrected chi connectivity index (χ0v) is 9.84. The number of pyridine rings is 1. The number of hydrogen-bond donors (Lipinski definition) is 2. The average molecular weight is 233 g/mol. The zero-order valence-electron chi connectivity index (χ0n) is 9.84. The molecule has 0 aliphatic rings. The fourth-order valence-electron chi connectivity index (χ4n) is 1.51. The fourth-order valence-corrected chi connectivity index (χ4v) is 1.51. The third-order valence-electron chi connectivity index (χ3n) is 2.50. The Balaban J connectivity index is 2.31. The van der Waals surface area contributed by atoms with Gasteiger partial charge in [0.1, 0.15) is 11.3 Å². The molecule has 0 aliphatic carbocycles. The lowest BCUT2D eigenvalue weighted by atomic mass is 10.1. The highest BCUT2D eigenvalue weighted by Gasteiger charge is 2.21. The summed E-state index contributed by atoms with van der Waals surface area (Å²) in [5.41, 5.74) is 0.539. The lowest BCUT2D eigenvalue weighted by Crippen LogP contribution is -2.46. The second-order valence-corrected chi connectivity index (χ2v) is 4.57. The first-order valence-electron chi connectivity index (χ1n) is 5.39. The van der Waals surface area contributed by atoms with Crippen LogP contribution in [0.4, 0.5) is 0 Å². The Hall–Kier alpha value is -1.88. The van der Waals surface area contributed by atoms with E-state index in [9.17, 15) is 4.79 Å². The molecule has 2 rings (SSSR count). The van der Waals surface area contributed by atoms with Gasteiger partial charge in [0.25, 0.3) is 5.91 Å². The summed E-state index contributed by atoms with van der Waals surface area (Å²) in [5.74, 6) is -0.247. The number of hydrogen-bond acceptors (Lipinski definition) is 3. The Morgan fingerprint density at radius 3 is 3.00 bits per heavy atom. The van der Waals surface area contributed by atoms with Crippen LogP contribution in [-0.2, 0) is 0 Å². The van der Waals surface area contributed by atoms with Gasteiger partial charge in [0.05, 0.1) is 18.3 Å². The number of carbonyl (C=O) groups excluding carboxylic acids is 1. The predicted molar refractivity (Wildman–Crippen MR) is 63.8 cm³/mol. The summed E-state index contributed by atoms with van der Waals surface area (Å²) >= 11 is 0. The molecule has 2 aromatic heterocycles. The lowest BCUT2D eigenvalue weighted by molar-refractivity contribution is 0.0863. The van der Waals surface area contributed by atoms with Crippen LogP contribution in [0.1, 0.15) is 24.3 Å². The van der Waals surface area contributed by atoms with Crippen molar-refractivity contribution >= 4 is 11.6 Å². The molecule has 0 saturated carbocycles. The zero-order chi connectivity index (χ0) is 12.5. The highest BCUT2D eigenvalue weighted by atomic mass is 16.3. The van der Waals surface area contributed by atoms with E-state index in [1.54, 1.807) is 24.4 Å². The van der Waals surface area contributed by atoms with Crippen molar-refractivity contribution in [2.24, 2.45) is 0 Å². The van der Waals surface area contributed by atoms with Crippen LogP contribution in [0.2, 0.25) is 0 Å². The van der Waals surface area contributed by atoms with Crippen LogP contribution in [0.5, 0.6) is 0 Å². The molecule has 2 N–H and O–H groups in total. The van der Waals surface area contributed by atoms with Crippen molar-refractivity contribution in [2.75, 3.05) is 6.61 Å². The number of aliphatic hydroxyl groups is 1. The van der Waals surface area contributed by atoms with Crippen LogP contribution in [0, 0.1) is 0 Å². The quantitative estimate of drug-likeness (QED) is 0.825. The van der Waals surface area contributed by atoms with E-state index >= 15 is 0 Å². The summed E-state index contributed by atoms with van der Waals surface area (Å²) in [6, 6.07) is 5.53. The SMILES string of the molecule is CC(C)(CO)NC(=O)c1cnc2ccccn12. The number of imidazole rings is 1. The van der Waals surface area contributed by atoms with E-state index in [0.717, 1.165) is 5.65 Å². The number of aliphatic hydroxyl groups excluding tert-OH is 1. The summed E-state index contributed by atoms with van der Waals surface area (Å²) < 4.78 is 1.71. The second kappa shape index (κ2) is 4.18. The maximum absolute atomic E-state index is 12.0. The van der Waals surface area contributed by atoms with Crippen LogP contribution in [0.3, 0.4) is 0 Å². The molecule has 5 nitrogen and oxygen atoms in total. The van der Waals surface area contributed by atoms with Crippen molar-refractivity contribution in [3.05, 3.63) is 36.3 Å². The maximum atomic E-state index is 12.0. The number of aromatic nitrogens is 2. The molecule has 0 atom stereocenters. The Bertz CT molecular complexity index is 545. The molecule has 17 heavy (non-hydrogen) atoms. The van der Waals surface area contributed by atoms with Gasteiger partial charge in [0, 0.05) is 6.20 Å². The molecule has 0 saturated heterocycles. The van der Waals surface area contributed by atoms with Gasteiger partial charge in [-0.25, -0.2) is 4.98 Å². The number of fused-ring (bicyclic) bond motifs is 1. The molecule has 0 fully saturated rings. The summed E-state index contributed by atoms with van der Waals surface area (Å²) in [6.45, 7) is 3.40. The van der Waals surface area contributed by atoms with Crippen LogP contribution in [0.15, 0.2) is 30.6 Å². The van der Waals surface area contributed by atoms with Crippen LogP contribution >= 0.6 is 0 Å². The average Bonchev–Trinajstić information content (AvgIpc) is 2.72. The first-order chi connectivity index (χ1) is 8.03. The van der Waals surface area contributed by atoms with E-state index in [2.05, 4.69) is 10.3 Å². The molecule has 2 aromatic rings. The summed E-state index contributed by atoms with van der Waals surface area (Å²) in [6.07, 6.45) is 3.31.